The van der Waals surface area contributed by atoms with Crippen LogP contribution in [0, 0.1) is 95.5 Å². The van der Waals surface area contributed by atoms with E-state index in [4.69, 9.17) is 21.8 Å². The zero-order valence-electron chi connectivity index (χ0n) is 32.0. The molecule has 0 heterocycles. The summed E-state index contributed by atoms with van der Waals surface area (Å²) in [7, 11) is -1.78. The molecule has 61 heavy (non-hydrogen) atoms. The van der Waals surface area contributed by atoms with Gasteiger partial charge in [-0.1, -0.05) is 14.9 Å². The minimum atomic E-state index is -1.26. The van der Waals surface area contributed by atoms with Gasteiger partial charge in [0, 0.05) is 38.2 Å². The molecular formula is C46H53B2F8N3O2. The Labute approximate surface area is 357 Å². The Kier molecular flexibility index (Phi) is 27.3. The quantitative estimate of drug-likeness (QED) is 0.0410. The number of nitriles is 2. The second-order valence-corrected chi connectivity index (χ2v) is 11.1. The summed E-state index contributed by atoms with van der Waals surface area (Å²) in [5.74, 6) is -8.93. The van der Waals surface area contributed by atoms with Gasteiger partial charge in [0.1, 0.15) is 48.6 Å². The lowest BCUT2D eigenvalue weighted by Gasteiger charge is -2.13. The van der Waals surface area contributed by atoms with Crippen molar-refractivity contribution in [1.82, 2.24) is 0 Å². The normalized spacial score (nSPS) is 9.39. The standard InChI is InChI=1S/C22H12N3.2C7H6BF4.2C4H10O.2CH4/c1-25-21-12-10-20(11-13-21)22(18-6-2-16(14-23)3-7-18)19-8-4-17(15-24)5-9-19;2*1-2-4(9)6(11)3(8)7(12)5(2)10;2*1-3-5-4-2;;/h2-13H;2*1,8H3;2*3-4H2,1-2H3;2*1H4/q+1;2*-1;;;;/p+1. The van der Waals surface area contributed by atoms with E-state index in [1.807, 2.05) is 64.1 Å². The van der Waals surface area contributed by atoms with Crippen LogP contribution >= 0.6 is 0 Å². The molecule has 0 unspecified atom stereocenters. The van der Waals surface area contributed by atoms with E-state index in [1.165, 1.54) is 0 Å². The zero-order chi connectivity index (χ0) is 44.8. The Hall–Kier alpha value is -6.07. The fourth-order valence-corrected chi connectivity index (χ4v) is 4.32. The topological polar surface area (TPSA) is 74.0 Å². The minimum absolute atomic E-state index is 0. The van der Waals surface area contributed by atoms with Gasteiger partial charge in [-0.3, -0.25) is 0 Å². The third kappa shape index (κ3) is 16.5. The van der Waals surface area contributed by atoms with E-state index >= 15 is 0 Å². The van der Waals surface area contributed by atoms with Crippen LogP contribution in [0.4, 0.5) is 40.8 Å². The number of nitrogens with zero attached hydrogens (tertiary/aromatic N) is 3. The van der Waals surface area contributed by atoms with Crippen molar-refractivity contribution in [3.05, 3.63) is 176 Å². The lowest BCUT2D eigenvalue weighted by molar-refractivity contribution is -0.0178. The van der Waals surface area contributed by atoms with Crippen LogP contribution in [0.25, 0.3) is 4.85 Å². The van der Waals surface area contributed by atoms with E-state index in [9.17, 15) is 35.1 Å². The first-order valence-corrected chi connectivity index (χ1v) is 17.2. The third-order valence-corrected chi connectivity index (χ3v) is 7.27. The number of halogens is 8. The Morgan fingerprint density at radius 3 is 1.03 bits per heavy atom. The maximum absolute atomic E-state index is 12.7. The molecule has 0 amide bonds. The first kappa shape index (κ1) is 57.0. The molecule has 0 fully saturated rings. The molecule has 0 radical (unpaired) electrons. The van der Waals surface area contributed by atoms with Crippen molar-refractivity contribution in [1.29, 1.82) is 10.5 Å². The second kappa shape index (κ2) is 29.2. The van der Waals surface area contributed by atoms with Crippen LogP contribution in [0.3, 0.4) is 0 Å². The van der Waals surface area contributed by atoms with Crippen molar-refractivity contribution >= 4 is 32.3 Å². The second-order valence-electron chi connectivity index (χ2n) is 11.1. The van der Waals surface area contributed by atoms with Gasteiger partial charge in [0.15, 0.2) is 29.0 Å². The molecule has 0 aliphatic heterocycles. The maximum atomic E-state index is 12.7. The van der Waals surface area contributed by atoms with Crippen molar-refractivity contribution in [2.75, 3.05) is 26.4 Å². The van der Waals surface area contributed by atoms with Crippen LogP contribution in [0.2, 0.25) is 0 Å². The van der Waals surface area contributed by atoms with Gasteiger partial charge < -0.3 is 9.47 Å². The van der Waals surface area contributed by atoms with Crippen molar-refractivity contribution in [2.24, 2.45) is 0 Å². The smallest absolute Gasteiger partial charge is 0.198 e. The highest BCUT2D eigenvalue weighted by molar-refractivity contribution is 6.33. The molecule has 5 aromatic rings. The summed E-state index contributed by atoms with van der Waals surface area (Å²) in [6, 6.07) is 26.4. The third-order valence-electron chi connectivity index (χ3n) is 7.27. The highest BCUT2D eigenvalue weighted by atomic mass is 19.2. The van der Waals surface area contributed by atoms with Gasteiger partial charge in [0.25, 0.3) is 0 Å². The number of ether oxygens (including phenoxy) is 2. The van der Waals surface area contributed by atoms with Crippen molar-refractivity contribution < 1.29 is 44.6 Å². The molecule has 326 valence electrons. The number of benzene rings is 5. The average Bonchev–Trinajstić information content (AvgIpc) is 3.27. The van der Waals surface area contributed by atoms with Crippen LogP contribution in [0.1, 0.15) is 81.5 Å². The summed E-state index contributed by atoms with van der Waals surface area (Å²) < 4.78 is 110. The number of hydrogen-bond donors (Lipinski definition) is 0. The fraction of sp³-hybridized carbons (Fsp3) is 0.261. The number of aliphatic hydroxyl groups is 2. The number of hydrogen-bond acceptors (Lipinski definition) is 3. The Morgan fingerprint density at radius 2 is 0.836 bits per heavy atom. The van der Waals surface area contributed by atoms with E-state index in [1.54, 1.807) is 36.4 Å². The van der Waals surface area contributed by atoms with E-state index in [0.717, 1.165) is 62.9 Å². The van der Waals surface area contributed by atoms with Crippen molar-refractivity contribution in [2.45, 2.75) is 56.4 Å². The van der Waals surface area contributed by atoms with Crippen molar-refractivity contribution in [3.8, 4) is 12.1 Å². The molecule has 0 saturated heterocycles. The van der Waals surface area contributed by atoms with Crippen LogP contribution in [-0.4, -0.2) is 46.9 Å². The lowest BCUT2D eigenvalue weighted by Crippen LogP contribution is -2.19. The molecule has 0 bridgehead atoms. The van der Waals surface area contributed by atoms with Gasteiger partial charge >= 0.3 is 0 Å². The summed E-state index contributed by atoms with van der Waals surface area (Å²) in [5, 5.41) is 18.0. The largest absolute Gasteiger partial charge is 0.434 e. The fourth-order valence-electron chi connectivity index (χ4n) is 4.32. The van der Waals surface area contributed by atoms with E-state index in [2.05, 4.69) is 21.7 Å². The van der Waals surface area contributed by atoms with Crippen LogP contribution in [-0.2, 0) is 4.74 Å². The van der Waals surface area contributed by atoms with Gasteiger partial charge in [0.2, 0.25) is 0 Å². The van der Waals surface area contributed by atoms with E-state index < -0.39 is 73.4 Å². The summed E-state index contributed by atoms with van der Waals surface area (Å²) in [6.45, 7) is 20.8. The Morgan fingerprint density at radius 1 is 0.557 bits per heavy atom. The number of rotatable bonds is 7. The van der Waals surface area contributed by atoms with Gasteiger partial charge in [0.05, 0.1) is 40.3 Å². The van der Waals surface area contributed by atoms with Crippen molar-refractivity contribution in [3.63, 3.8) is 0 Å². The van der Waals surface area contributed by atoms with Gasteiger partial charge in [-0.25, -0.2) is 40.0 Å². The highest BCUT2D eigenvalue weighted by Crippen LogP contribution is 2.32. The minimum Gasteiger partial charge on any atom is -0.434 e. The van der Waals surface area contributed by atoms with Crippen LogP contribution in [0.15, 0.2) is 72.8 Å². The average molecular weight is 854 g/mol. The predicted molar refractivity (Wildman–Crippen MR) is 236 cm³/mol. The lowest BCUT2D eigenvalue weighted by atomic mass is 9.84. The van der Waals surface area contributed by atoms with Crippen LogP contribution in [0.5, 0.6) is 0 Å². The molecule has 0 aromatic heterocycles. The molecule has 5 nitrogen and oxygen atoms in total. The zero-order valence-corrected chi connectivity index (χ0v) is 32.0. The maximum Gasteiger partial charge on any atom is 0.198 e. The Balaban J connectivity index is 0. The van der Waals surface area contributed by atoms with E-state index in [-0.39, 0.29) is 25.8 Å². The molecule has 5 aromatic carbocycles. The predicted octanol–water partition coefficient (Wildman–Crippen LogP) is 8.95. The molecule has 15 heteroatoms. The summed E-state index contributed by atoms with van der Waals surface area (Å²) in [6.07, 6.45) is 0. The van der Waals surface area contributed by atoms with E-state index in [0.29, 0.717) is 16.8 Å². The van der Waals surface area contributed by atoms with Gasteiger partial charge in [-0.2, -0.15) is 10.5 Å². The molecule has 0 spiro atoms. The van der Waals surface area contributed by atoms with Crippen LogP contribution < -0.4 is 10.9 Å². The first-order valence-electron chi connectivity index (χ1n) is 17.2. The molecule has 0 saturated carbocycles. The molecule has 1 N–H and O–H groups in total. The molecule has 0 aliphatic rings. The van der Waals surface area contributed by atoms with Gasteiger partial charge in [-0.05, 0) is 116 Å². The molecule has 0 aliphatic carbocycles. The monoisotopic (exact) mass is 853 g/mol. The summed E-state index contributed by atoms with van der Waals surface area (Å²) >= 11 is 0. The molecule has 0 atom stereocenters. The highest BCUT2D eigenvalue weighted by Gasteiger charge is 2.23. The molecular weight excluding hydrogens is 800 g/mol. The SMILES string of the molecule is C.C.CCOCC.CC[OH+]CC.[BH3-]c1c(F)c(F)c(C)c(F)c1F.[BH3-]c1c(F)c(F)c(C)c(F)c1F.[C-]#[N+]c1ccc([C+](c2ccc(C#N)cc2)c2ccc(C#N)cc2)cc1. The van der Waals surface area contributed by atoms with Gasteiger partial charge in [-0.15, -0.1) is 10.9 Å². The Bertz CT molecular complexity index is 1810. The molecule has 5 rings (SSSR count). The summed E-state index contributed by atoms with van der Waals surface area (Å²) in [5.41, 5.74) is 2.77. The summed E-state index contributed by atoms with van der Waals surface area (Å²) in [4.78, 5) is 3.43. The first-order chi connectivity index (χ1) is 28.0.